The van der Waals surface area contributed by atoms with Crippen LogP contribution in [-0.4, -0.2) is 5.96 Å². The van der Waals surface area contributed by atoms with Gasteiger partial charge >= 0.3 is 0 Å². The fourth-order valence-electron chi connectivity index (χ4n) is 0.897. The lowest BCUT2D eigenvalue weighted by Crippen LogP contribution is -2.22. The second-order valence-corrected chi connectivity index (χ2v) is 4.03. The maximum absolute atomic E-state index is 5.22. The molecular formula is C8H13N3S. The van der Waals surface area contributed by atoms with Crippen molar-refractivity contribution in [3.8, 4) is 0 Å². The average Bonchev–Trinajstić information content (AvgIpc) is 2.28. The van der Waals surface area contributed by atoms with E-state index in [2.05, 4.69) is 24.9 Å². The maximum Gasteiger partial charge on any atom is 0.186 e. The molecule has 3 nitrogen and oxygen atoms in total. The third-order valence-electron chi connectivity index (χ3n) is 1.63. The number of hydrogen-bond acceptors (Lipinski definition) is 2. The molecule has 0 aliphatic carbocycles. The van der Waals surface area contributed by atoms with Gasteiger partial charge in [0.1, 0.15) is 0 Å². The highest BCUT2D eigenvalue weighted by Crippen LogP contribution is 2.20. The van der Waals surface area contributed by atoms with Crippen molar-refractivity contribution in [1.29, 1.82) is 0 Å². The van der Waals surface area contributed by atoms with Crippen molar-refractivity contribution in [2.75, 3.05) is 0 Å². The molecule has 1 aromatic rings. The lowest BCUT2D eigenvalue weighted by Gasteiger charge is -1.89. The van der Waals surface area contributed by atoms with E-state index in [0.717, 1.165) is 0 Å². The minimum absolute atomic E-state index is 0.152. The molecular weight excluding hydrogens is 170 g/mol. The van der Waals surface area contributed by atoms with E-state index in [0.29, 0.717) is 6.54 Å². The van der Waals surface area contributed by atoms with Crippen LogP contribution < -0.4 is 11.5 Å². The summed E-state index contributed by atoms with van der Waals surface area (Å²) in [6.45, 7) is 4.78. The molecule has 0 atom stereocenters. The van der Waals surface area contributed by atoms with Gasteiger partial charge in [0.05, 0.1) is 6.54 Å². The number of thiophene rings is 1. The van der Waals surface area contributed by atoms with Crippen LogP contribution >= 0.6 is 11.3 Å². The number of guanidine groups is 1. The quantitative estimate of drug-likeness (QED) is 0.533. The maximum atomic E-state index is 5.22. The molecule has 0 amide bonds. The summed E-state index contributed by atoms with van der Waals surface area (Å²) in [7, 11) is 0. The highest BCUT2D eigenvalue weighted by atomic mass is 32.1. The summed E-state index contributed by atoms with van der Waals surface area (Å²) in [5.41, 5.74) is 11.7. The van der Waals surface area contributed by atoms with E-state index in [4.69, 9.17) is 11.5 Å². The second kappa shape index (κ2) is 3.58. The van der Waals surface area contributed by atoms with Crippen molar-refractivity contribution in [2.24, 2.45) is 16.5 Å². The molecule has 1 aromatic heterocycles. The standard InChI is InChI=1S/C8H13N3S/c1-5-3-7(12-6(5)2)4-11-8(9)10/h3H,4H2,1-2H3,(H4,9,10,11). The molecule has 0 bridgehead atoms. The van der Waals surface area contributed by atoms with Gasteiger partial charge in [0, 0.05) is 9.75 Å². The Morgan fingerprint density at radius 3 is 2.58 bits per heavy atom. The van der Waals surface area contributed by atoms with Gasteiger partial charge in [0.2, 0.25) is 0 Å². The predicted molar refractivity (Wildman–Crippen MR) is 53.3 cm³/mol. The second-order valence-electron chi connectivity index (χ2n) is 2.69. The van der Waals surface area contributed by atoms with Crippen LogP contribution in [0.4, 0.5) is 0 Å². The molecule has 0 unspecified atom stereocenters. The molecule has 12 heavy (non-hydrogen) atoms. The summed E-state index contributed by atoms with van der Waals surface area (Å²) in [6.07, 6.45) is 0. The Bertz CT molecular complexity index is 278. The number of nitrogens with zero attached hydrogens (tertiary/aromatic N) is 1. The molecule has 0 saturated heterocycles. The van der Waals surface area contributed by atoms with E-state index in [-0.39, 0.29) is 5.96 Å². The third kappa shape index (κ3) is 2.23. The fourth-order valence-corrected chi connectivity index (χ4v) is 1.87. The summed E-state index contributed by atoms with van der Waals surface area (Å²) in [4.78, 5) is 6.47. The Hall–Kier alpha value is -1.03. The summed E-state index contributed by atoms with van der Waals surface area (Å²) in [6, 6.07) is 2.12. The van der Waals surface area contributed by atoms with Crippen LogP contribution in [0, 0.1) is 13.8 Å². The Morgan fingerprint density at radius 2 is 2.17 bits per heavy atom. The normalized spacial score (nSPS) is 9.83. The Balaban J connectivity index is 2.71. The number of rotatable bonds is 2. The zero-order chi connectivity index (χ0) is 9.14. The van der Waals surface area contributed by atoms with E-state index >= 15 is 0 Å². The molecule has 1 heterocycles. The van der Waals surface area contributed by atoms with Crippen molar-refractivity contribution in [2.45, 2.75) is 20.4 Å². The molecule has 4 heteroatoms. The van der Waals surface area contributed by atoms with Gasteiger partial charge in [-0.25, -0.2) is 4.99 Å². The Labute approximate surface area is 76.1 Å². The number of aryl methyl sites for hydroxylation is 2. The van der Waals surface area contributed by atoms with Gasteiger partial charge in [-0.2, -0.15) is 0 Å². The molecule has 0 fully saturated rings. The SMILES string of the molecule is Cc1cc(CN=C(N)N)sc1C. The number of hydrogen-bond donors (Lipinski definition) is 2. The molecule has 0 saturated carbocycles. The molecule has 0 aliphatic rings. The molecule has 0 aliphatic heterocycles. The predicted octanol–water partition coefficient (Wildman–Crippen LogP) is 1.14. The van der Waals surface area contributed by atoms with Crippen molar-refractivity contribution in [3.63, 3.8) is 0 Å². The van der Waals surface area contributed by atoms with Crippen molar-refractivity contribution in [3.05, 3.63) is 21.4 Å². The van der Waals surface area contributed by atoms with Gasteiger partial charge in [-0.1, -0.05) is 0 Å². The first-order valence-corrected chi connectivity index (χ1v) is 4.52. The Kier molecular flexibility index (Phi) is 2.70. The van der Waals surface area contributed by atoms with Crippen molar-refractivity contribution in [1.82, 2.24) is 0 Å². The van der Waals surface area contributed by atoms with Crippen molar-refractivity contribution >= 4 is 17.3 Å². The zero-order valence-corrected chi connectivity index (χ0v) is 8.11. The van der Waals surface area contributed by atoms with Gasteiger partial charge in [-0.05, 0) is 25.5 Å². The smallest absolute Gasteiger partial charge is 0.186 e. The van der Waals surface area contributed by atoms with Crippen LogP contribution in [0.2, 0.25) is 0 Å². The highest BCUT2D eigenvalue weighted by molar-refractivity contribution is 7.12. The van der Waals surface area contributed by atoms with Gasteiger partial charge in [-0.3, -0.25) is 0 Å². The first-order valence-electron chi connectivity index (χ1n) is 3.71. The van der Waals surface area contributed by atoms with Crippen LogP contribution in [0.1, 0.15) is 15.3 Å². The minimum Gasteiger partial charge on any atom is -0.370 e. The van der Waals surface area contributed by atoms with Crippen LogP contribution in [0.5, 0.6) is 0 Å². The Morgan fingerprint density at radius 1 is 1.50 bits per heavy atom. The molecule has 4 N–H and O–H groups in total. The van der Waals surface area contributed by atoms with E-state index < -0.39 is 0 Å². The largest absolute Gasteiger partial charge is 0.370 e. The number of nitrogens with two attached hydrogens (primary N) is 2. The van der Waals surface area contributed by atoms with Gasteiger partial charge < -0.3 is 11.5 Å². The summed E-state index contributed by atoms with van der Waals surface area (Å²) < 4.78 is 0. The molecule has 66 valence electrons. The minimum atomic E-state index is 0.152. The fraction of sp³-hybridized carbons (Fsp3) is 0.375. The average molecular weight is 183 g/mol. The first kappa shape index (κ1) is 9.06. The van der Waals surface area contributed by atoms with Crippen LogP contribution in [-0.2, 0) is 6.54 Å². The summed E-state index contributed by atoms with van der Waals surface area (Å²) >= 11 is 1.74. The molecule has 1 rings (SSSR count). The molecule has 0 radical (unpaired) electrons. The molecule has 0 spiro atoms. The van der Waals surface area contributed by atoms with Gasteiger partial charge in [-0.15, -0.1) is 11.3 Å². The number of aliphatic imine (C=N–C) groups is 1. The van der Waals surface area contributed by atoms with E-state index in [9.17, 15) is 0 Å². The van der Waals surface area contributed by atoms with Gasteiger partial charge in [0.25, 0.3) is 0 Å². The monoisotopic (exact) mass is 183 g/mol. The van der Waals surface area contributed by atoms with Crippen molar-refractivity contribution < 1.29 is 0 Å². The van der Waals surface area contributed by atoms with E-state index in [1.54, 1.807) is 11.3 Å². The highest BCUT2D eigenvalue weighted by Gasteiger charge is 1.99. The molecule has 0 aromatic carbocycles. The summed E-state index contributed by atoms with van der Waals surface area (Å²) in [5.74, 6) is 0.152. The van der Waals surface area contributed by atoms with Gasteiger partial charge in [0.15, 0.2) is 5.96 Å². The van der Waals surface area contributed by atoms with Crippen LogP contribution in [0.15, 0.2) is 11.1 Å². The zero-order valence-electron chi connectivity index (χ0n) is 7.29. The lowest BCUT2D eigenvalue weighted by molar-refractivity contribution is 1.08. The first-order chi connectivity index (χ1) is 5.59. The topological polar surface area (TPSA) is 64.4 Å². The summed E-state index contributed by atoms with van der Waals surface area (Å²) in [5, 5.41) is 0. The lowest BCUT2D eigenvalue weighted by atomic mass is 10.3. The third-order valence-corrected chi connectivity index (χ3v) is 2.77. The van der Waals surface area contributed by atoms with E-state index in [1.165, 1.54) is 15.3 Å². The van der Waals surface area contributed by atoms with Crippen LogP contribution in [0.25, 0.3) is 0 Å². The van der Waals surface area contributed by atoms with E-state index in [1.807, 2.05) is 0 Å². The van der Waals surface area contributed by atoms with Crippen LogP contribution in [0.3, 0.4) is 0 Å².